The van der Waals surface area contributed by atoms with Crippen molar-refractivity contribution in [3.63, 3.8) is 0 Å². The molecule has 0 fully saturated rings. The first kappa shape index (κ1) is 14.2. The number of carbonyl (C=O) groups excluding carboxylic acids is 1. The van der Waals surface area contributed by atoms with Gasteiger partial charge >= 0.3 is 0 Å². The van der Waals surface area contributed by atoms with Gasteiger partial charge in [-0.05, 0) is 25.3 Å². The van der Waals surface area contributed by atoms with E-state index in [0.29, 0.717) is 5.92 Å². The van der Waals surface area contributed by atoms with E-state index in [4.69, 9.17) is 0 Å². The van der Waals surface area contributed by atoms with Crippen molar-refractivity contribution in [3.8, 4) is 0 Å². The van der Waals surface area contributed by atoms with E-state index in [-0.39, 0.29) is 5.78 Å². The third kappa shape index (κ3) is 4.89. The Hall–Kier alpha value is -0.850. The summed E-state index contributed by atoms with van der Waals surface area (Å²) in [5, 5.41) is 0. The summed E-state index contributed by atoms with van der Waals surface area (Å²) in [6.07, 6.45) is 15.8. The Balaban J connectivity index is 2.37. The van der Waals surface area contributed by atoms with Crippen molar-refractivity contribution in [2.75, 3.05) is 0 Å². The van der Waals surface area contributed by atoms with Gasteiger partial charge in [0.15, 0.2) is 5.78 Å². The molecule has 0 aliphatic heterocycles. The molecule has 96 valence electrons. The van der Waals surface area contributed by atoms with Crippen LogP contribution in [0.3, 0.4) is 0 Å². The average molecular weight is 234 g/mol. The quantitative estimate of drug-likeness (QED) is 0.434. The Morgan fingerprint density at radius 2 is 1.88 bits per heavy atom. The number of hydrogen-bond acceptors (Lipinski definition) is 1. The molecule has 1 atom stereocenters. The van der Waals surface area contributed by atoms with Crippen molar-refractivity contribution in [1.82, 2.24) is 0 Å². The molecule has 1 heteroatoms. The topological polar surface area (TPSA) is 17.1 Å². The zero-order valence-corrected chi connectivity index (χ0v) is 11.4. The molecule has 0 radical (unpaired) electrons. The summed E-state index contributed by atoms with van der Waals surface area (Å²) in [6.45, 7) is 4.43. The van der Waals surface area contributed by atoms with Gasteiger partial charge in [-0.25, -0.2) is 0 Å². The van der Waals surface area contributed by atoms with Crippen molar-refractivity contribution < 1.29 is 4.79 Å². The molecule has 1 unspecified atom stereocenters. The molecule has 0 bridgehead atoms. The highest BCUT2D eigenvalue weighted by molar-refractivity contribution is 6.07. The van der Waals surface area contributed by atoms with E-state index in [2.05, 4.69) is 26.0 Å². The van der Waals surface area contributed by atoms with Gasteiger partial charge < -0.3 is 0 Å². The third-order valence-electron chi connectivity index (χ3n) is 3.45. The molecule has 1 aliphatic carbocycles. The van der Waals surface area contributed by atoms with Crippen LogP contribution in [-0.2, 0) is 4.79 Å². The first-order valence-corrected chi connectivity index (χ1v) is 7.22. The van der Waals surface area contributed by atoms with Gasteiger partial charge in [-0.1, -0.05) is 58.1 Å². The number of unbranched alkanes of at least 4 members (excludes halogenated alkanes) is 5. The second-order valence-electron chi connectivity index (χ2n) is 4.98. The zero-order chi connectivity index (χ0) is 12.5. The van der Waals surface area contributed by atoms with Crippen LogP contribution in [0, 0.1) is 5.92 Å². The maximum Gasteiger partial charge on any atom is 0.181 e. The summed E-state index contributed by atoms with van der Waals surface area (Å²) in [5.74, 6) is 0.662. The predicted molar refractivity (Wildman–Crippen MR) is 74.0 cm³/mol. The first-order chi connectivity index (χ1) is 8.29. The van der Waals surface area contributed by atoms with Crippen molar-refractivity contribution in [1.29, 1.82) is 0 Å². The van der Waals surface area contributed by atoms with E-state index in [1.165, 1.54) is 38.5 Å². The molecular formula is C16H26O. The van der Waals surface area contributed by atoms with Gasteiger partial charge in [-0.15, -0.1) is 0 Å². The highest BCUT2D eigenvalue weighted by atomic mass is 16.1. The van der Waals surface area contributed by atoms with Crippen LogP contribution in [0.1, 0.15) is 65.2 Å². The van der Waals surface area contributed by atoms with E-state index in [9.17, 15) is 4.79 Å². The smallest absolute Gasteiger partial charge is 0.181 e. The van der Waals surface area contributed by atoms with Crippen LogP contribution in [-0.4, -0.2) is 5.78 Å². The van der Waals surface area contributed by atoms with Crippen LogP contribution in [0.2, 0.25) is 0 Å². The molecule has 1 aliphatic rings. The number of carbonyl (C=O) groups is 1. The molecule has 17 heavy (non-hydrogen) atoms. The Morgan fingerprint density at radius 3 is 2.59 bits per heavy atom. The largest absolute Gasteiger partial charge is 0.290 e. The fraction of sp³-hybridized carbons (Fsp3) is 0.688. The van der Waals surface area contributed by atoms with Gasteiger partial charge in [0.25, 0.3) is 0 Å². The molecule has 0 spiro atoms. The average Bonchev–Trinajstić information content (AvgIpc) is 2.68. The number of allylic oxidation sites excluding steroid dienone is 4. The summed E-state index contributed by atoms with van der Waals surface area (Å²) in [6, 6.07) is 0. The molecular weight excluding hydrogens is 208 g/mol. The van der Waals surface area contributed by atoms with Crippen LogP contribution in [0.5, 0.6) is 0 Å². The van der Waals surface area contributed by atoms with Gasteiger partial charge in [-0.2, -0.15) is 0 Å². The fourth-order valence-electron chi connectivity index (χ4n) is 2.34. The lowest BCUT2D eigenvalue weighted by molar-refractivity contribution is -0.111. The van der Waals surface area contributed by atoms with Crippen LogP contribution in [0.25, 0.3) is 0 Å². The fourth-order valence-corrected chi connectivity index (χ4v) is 2.34. The summed E-state index contributed by atoms with van der Waals surface area (Å²) >= 11 is 0. The molecule has 0 aromatic heterocycles. The van der Waals surface area contributed by atoms with E-state index in [0.717, 1.165) is 18.4 Å². The highest BCUT2D eigenvalue weighted by Gasteiger charge is 2.21. The maximum atomic E-state index is 11.7. The van der Waals surface area contributed by atoms with Crippen molar-refractivity contribution in [2.24, 2.45) is 5.92 Å². The molecule has 0 N–H and O–H groups in total. The second-order valence-corrected chi connectivity index (χ2v) is 4.98. The van der Waals surface area contributed by atoms with Crippen LogP contribution in [0.15, 0.2) is 23.8 Å². The lowest BCUT2D eigenvalue weighted by atomic mass is 9.95. The van der Waals surface area contributed by atoms with Gasteiger partial charge in [0.1, 0.15) is 0 Å². The summed E-state index contributed by atoms with van der Waals surface area (Å²) in [7, 11) is 0. The number of ketones is 1. The van der Waals surface area contributed by atoms with Gasteiger partial charge in [0, 0.05) is 11.5 Å². The minimum Gasteiger partial charge on any atom is -0.290 e. The third-order valence-corrected chi connectivity index (χ3v) is 3.45. The summed E-state index contributed by atoms with van der Waals surface area (Å²) < 4.78 is 0. The minimum atomic E-state index is 0.251. The van der Waals surface area contributed by atoms with Crippen LogP contribution < -0.4 is 0 Å². The molecule has 0 amide bonds. The van der Waals surface area contributed by atoms with E-state index >= 15 is 0 Å². The van der Waals surface area contributed by atoms with Gasteiger partial charge in [0.2, 0.25) is 0 Å². The first-order valence-electron chi connectivity index (χ1n) is 7.22. The lowest BCUT2D eigenvalue weighted by Gasteiger charge is -2.09. The number of hydrogen-bond donors (Lipinski definition) is 0. The molecule has 1 rings (SSSR count). The summed E-state index contributed by atoms with van der Waals surface area (Å²) in [5.41, 5.74) is 1.06. The van der Waals surface area contributed by atoms with Gasteiger partial charge in [0.05, 0.1) is 0 Å². The Morgan fingerprint density at radius 1 is 1.12 bits per heavy atom. The highest BCUT2D eigenvalue weighted by Crippen LogP contribution is 2.27. The van der Waals surface area contributed by atoms with Gasteiger partial charge in [-0.3, -0.25) is 4.79 Å². The SMILES string of the molecule is CCCCCCC=C1C(=O)C=CC1CCCC. The standard InChI is InChI=1S/C16H26O/c1-3-5-7-8-9-11-15-14(10-6-4-2)12-13-16(15)17/h11-14H,3-10H2,1-2H3. The van der Waals surface area contributed by atoms with Crippen LogP contribution in [0.4, 0.5) is 0 Å². The minimum absolute atomic E-state index is 0.251. The number of rotatable bonds is 8. The van der Waals surface area contributed by atoms with E-state index < -0.39 is 0 Å². The predicted octanol–water partition coefficient (Wildman–Crippen LogP) is 4.83. The monoisotopic (exact) mass is 234 g/mol. The lowest BCUT2D eigenvalue weighted by Crippen LogP contribution is -2.03. The van der Waals surface area contributed by atoms with E-state index in [1.54, 1.807) is 6.08 Å². The molecule has 0 heterocycles. The van der Waals surface area contributed by atoms with Crippen molar-refractivity contribution in [3.05, 3.63) is 23.8 Å². The molecule has 0 saturated heterocycles. The Bertz CT molecular complexity index is 286. The zero-order valence-electron chi connectivity index (χ0n) is 11.4. The molecule has 0 aromatic carbocycles. The van der Waals surface area contributed by atoms with Crippen LogP contribution >= 0.6 is 0 Å². The van der Waals surface area contributed by atoms with E-state index in [1.807, 2.05) is 0 Å². The van der Waals surface area contributed by atoms with Crippen molar-refractivity contribution >= 4 is 5.78 Å². The van der Waals surface area contributed by atoms with Crippen molar-refractivity contribution in [2.45, 2.75) is 65.2 Å². The normalized spacial score (nSPS) is 21.6. The second kappa shape index (κ2) is 8.27. The summed E-state index contributed by atoms with van der Waals surface area (Å²) in [4.78, 5) is 11.7. The molecule has 1 nitrogen and oxygen atoms in total. The molecule has 0 aromatic rings. The molecule has 0 saturated carbocycles. The Labute approximate surface area is 106 Å². The Kier molecular flexibility index (Phi) is 6.91. The maximum absolute atomic E-state index is 11.7.